The lowest BCUT2D eigenvalue weighted by molar-refractivity contribution is 0.415. The van der Waals surface area contributed by atoms with Gasteiger partial charge in [0.1, 0.15) is 5.75 Å². The van der Waals surface area contributed by atoms with Crippen LogP contribution in [0.4, 0.5) is 0 Å². The van der Waals surface area contributed by atoms with Crippen molar-refractivity contribution in [3.05, 3.63) is 70.9 Å². The SMILES string of the molecule is COc1ccc(-c2[nH]ncc2CNCc2ccccc2Cl)cc1. The number of hydrogen-bond donors (Lipinski definition) is 2. The van der Waals surface area contributed by atoms with Gasteiger partial charge in [0.25, 0.3) is 0 Å². The van der Waals surface area contributed by atoms with E-state index >= 15 is 0 Å². The van der Waals surface area contributed by atoms with E-state index in [4.69, 9.17) is 16.3 Å². The van der Waals surface area contributed by atoms with Crippen LogP contribution in [0.3, 0.4) is 0 Å². The van der Waals surface area contributed by atoms with Crippen molar-refractivity contribution in [2.45, 2.75) is 13.1 Å². The van der Waals surface area contributed by atoms with Gasteiger partial charge >= 0.3 is 0 Å². The second-order valence-electron chi connectivity index (χ2n) is 5.19. The third-order valence-corrected chi connectivity index (χ3v) is 4.05. The Hall–Kier alpha value is -2.30. The molecule has 0 spiro atoms. The number of halogens is 1. The lowest BCUT2D eigenvalue weighted by Gasteiger charge is -2.08. The zero-order chi connectivity index (χ0) is 16.1. The Morgan fingerprint density at radius 3 is 2.52 bits per heavy atom. The van der Waals surface area contributed by atoms with Gasteiger partial charge in [-0.1, -0.05) is 29.8 Å². The largest absolute Gasteiger partial charge is 0.497 e. The van der Waals surface area contributed by atoms with Gasteiger partial charge in [0.2, 0.25) is 0 Å². The first-order valence-corrected chi connectivity index (χ1v) is 7.76. The molecular formula is C18H18ClN3O. The third-order valence-electron chi connectivity index (χ3n) is 3.69. The molecule has 4 nitrogen and oxygen atoms in total. The lowest BCUT2D eigenvalue weighted by Crippen LogP contribution is -2.13. The van der Waals surface area contributed by atoms with Crippen LogP contribution in [0.25, 0.3) is 11.3 Å². The summed E-state index contributed by atoms with van der Waals surface area (Å²) in [6.07, 6.45) is 1.85. The first-order valence-electron chi connectivity index (χ1n) is 7.38. The molecule has 1 heterocycles. The first-order chi connectivity index (χ1) is 11.3. The molecule has 0 saturated carbocycles. The molecule has 1 aromatic heterocycles. The minimum atomic E-state index is 0.711. The van der Waals surface area contributed by atoms with E-state index in [1.54, 1.807) is 7.11 Å². The number of methoxy groups -OCH3 is 1. The van der Waals surface area contributed by atoms with Gasteiger partial charge in [0.05, 0.1) is 19.0 Å². The number of hydrogen-bond acceptors (Lipinski definition) is 3. The molecule has 0 unspecified atom stereocenters. The molecule has 2 N–H and O–H groups in total. The Kier molecular flexibility index (Phi) is 4.95. The van der Waals surface area contributed by atoms with E-state index in [0.29, 0.717) is 13.1 Å². The molecule has 3 aromatic rings. The summed E-state index contributed by atoms with van der Waals surface area (Å²) in [5.41, 5.74) is 4.29. The standard InChI is InChI=1S/C18H18ClN3O/c1-23-16-8-6-13(7-9-16)18-15(12-21-22-18)11-20-10-14-4-2-3-5-17(14)19/h2-9,12,20H,10-11H2,1H3,(H,21,22). The number of ether oxygens (including phenoxy) is 1. The van der Waals surface area contributed by atoms with Crippen LogP contribution in [-0.2, 0) is 13.1 Å². The molecule has 118 valence electrons. The molecule has 0 aliphatic rings. The monoisotopic (exact) mass is 327 g/mol. The summed E-state index contributed by atoms with van der Waals surface area (Å²) in [6.45, 7) is 1.43. The average molecular weight is 328 g/mol. The molecule has 0 radical (unpaired) electrons. The van der Waals surface area contributed by atoms with Gasteiger partial charge in [-0.3, -0.25) is 5.10 Å². The Balaban J connectivity index is 1.67. The van der Waals surface area contributed by atoms with E-state index in [2.05, 4.69) is 15.5 Å². The lowest BCUT2D eigenvalue weighted by atomic mass is 10.1. The van der Waals surface area contributed by atoms with Crippen LogP contribution in [0, 0.1) is 0 Å². The zero-order valence-electron chi connectivity index (χ0n) is 12.8. The fraction of sp³-hybridized carbons (Fsp3) is 0.167. The second-order valence-corrected chi connectivity index (χ2v) is 5.60. The summed E-state index contributed by atoms with van der Waals surface area (Å²) in [5.74, 6) is 0.839. The summed E-state index contributed by atoms with van der Waals surface area (Å²) in [5, 5.41) is 11.4. The van der Waals surface area contributed by atoms with Gasteiger partial charge in [-0.05, 0) is 35.9 Å². The summed E-state index contributed by atoms with van der Waals surface area (Å²) < 4.78 is 5.19. The van der Waals surface area contributed by atoms with E-state index in [-0.39, 0.29) is 0 Å². The summed E-state index contributed by atoms with van der Waals surface area (Å²) in [6, 6.07) is 15.8. The van der Waals surface area contributed by atoms with Gasteiger partial charge in [0, 0.05) is 29.2 Å². The number of nitrogens with zero attached hydrogens (tertiary/aromatic N) is 1. The minimum absolute atomic E-state index is 0.711. The molecule has 5 heteroatoms. The van der Waals surface area contributed by atoms with Crippen molar-refractivity contribution in [2.24, 2.45) is 0 Å². The normalized spacial score (nSPS) is 10.7. The molecule has 2 aromatic carbocycles. The van der Waals surface area contributed by atoms with Gasteiger partial charge in [0.15, 0.2) is 0 Å². The van der Waals surface area contributed by atoms with Crippen molar-refractivity contribution in [1.29, 1.82) is 0 Å². The van der Waals surface area contributed by atoms with E-state index in [1.807, 2.05) is 54.7 Å². The molecule has 0 atom stereocenters. The minimum Gasteiger partial charge on any atom is -0.497 e. The van der Waals surface area contributed by atoms with Crippen molar-refractivity contribution >= 4 is 11.6 Å². The third kappa shape index (κ3) is 3.73. The number of aromatic amines is 1. The number of benzene rings is 2. The summed E-state index contributed by atoms with van der Waals surface area (Å²) in [4.78, 5) is 0. The maximum atomic E-state index is 6.17. The van der Waals surface area contributed by atoms with E-state index < -0.39 is 0 Å². The van der Waals surface area contributed by atoms with Gasteiger partial charge < -0.3 is 10.1 Å². The molecule has 0 bridgehead atoms. The Morgan fingerprint density at radius 1 is 1.04 bits per heavy atom. The van der Waals surface area contributed by atoms with Crippen LogP contribution in [0.1, 0.15) is 11.1 Å². The number of rotatable bonds is 6. The molecule has 0 fully saturated rings. The Labute approximate surface area is 140 Å². The molecular weight excluding hydrogens is 310 g/mol. The highest BCUT2D eigenvalue weighted by atomic mass is 35.5. The number of aromatic nitrogens is 2. The second kappa shape index (κ2) is 7.31. The van der Waals surface area contributed by atoms with Crippen LogP contribution in [0.2, 0.25) is 5.02 Å². The molecule has 0 aliphatic carbocycles. The molecule has 0 amide bonds. The van der Waals surface area contributed by atoms with Gasteiger partial charge in [-0.25, -0.2) is 0 Å². The maximum Gasteiger partial charge on any atom is 0.118 e. The van der Waals surface area contributed by atoms with Crippen LogP contribution < -0.4 is 10.1 Å². The average Bonchev–Trinajstić information content (AvgIpc) is 3.05. The Morgan fingerprint density at radius 2 is 1.78 bits per heavy atom. The van der Waals surface area contributed by atoms with Gasteiger partial charge in [-0.2, -0.15) is 5.10 Å². The highest BCUT2D eigenvalue weighted by Crippen LogP contribution is 2.23. The van der Waals surface area contributed by atoms with Crippen molar-refractivity contribution in [2.75, 3.05) is 7.11 Å². The van der Waals surface area contributed by atoms with Crippen molar-refractivity contribution in [3.63, 3.8) is 0 Å². The Bertz CT molecular complexity index is 768. The van der Waals surface area contributed by atoms with Crippen molar-refractivity contribution in [1.82, 2.24) is 15.5 Å². The maximum absolute atomic E-state index is 6.17. The first kappa shape index (κ1) is 15.6. The topological polar surface area (TPSA) is 49.9 Å². The number of H-pyrrole nitrogens is 1. The fourth-order valence-corrected chi connectivity index (χ4v) is 2.63. The summed E-state index contributed by atoms with van der Waals surface area (Å²) >= 11 is 6.17. The molecule has 3 rings (SSSR count). The van der Waals surface area contributed by atoms with E-state index in [0.717, 1.165) is 33.2 Å². The smallest absolute Gasteiger partial charge is 0.118 e. The number of nitrogens with one attached hydrogen (secondary N) is 2. The molecule has 0 saturated heterocycles. The molecule has 23 heavy (non-hydrogen) atoms. The fourth-order valence-electron chi connectivity index (χ4n) is 2.43. The zero-order valence-corrected chi connectivity index (χ0v) is 13.6. The predicted octanol–water partition coefficient (Wildman–Crippen LogP) is 4.03. The van der Waals surface area contributed by atoms with Crippen molar-refractivity contribution in [3.8, 4) is 17.0 Å². The van der Waals surface area contributed by atoms with Crippen LogP contribution >= 0.6 is 11.6 Å². The van der Waals surface area contributed by atoms with Crippen LogP contribution in [-0.4, -0.2) is 17.3 Å². The predicted molar refractivity (Wildman–Crippen MR) is 92.6 cm³/mol. The highest BCUT2D eigenvalue weighted by molar-refractivity contribution is 6.31. The van der Waals surface area contributed by atoms with E-state index in [1.165, 1.54) is 0 Å². The van der Waals surface area contributed by atoms with E-state index in [9.17, 15) is 0 Å². The quantitative estimate of drug-likeness (QED) is 0.718. The summed E-state index contributed by atoms with van der Waals surface area (Å²) in [7, 11) is 1.66. The van der Waals surface area contributed by atoms with Crippen molar-refractivity contribution < 1.29 is 4.74 Å². The molecule has 0 aliphatic heterocycles. The highest BCUT2D eigenvalue weighted by Gasteiger charge is 2.08. The van der Waals surface area contributed by atoms with Crippen LogP contribution in [0.5, 0.6) is 5.75 Å². The van der Waals surface area contributed by atoms with Gasteiger partial charge in [-0.15, -0.1) is 0 Å². The van der Waals surface area contributed by atoms with Crippen LogP contribution in [0.15, 0.2) is 54.7 Å².